The van der Waals surface area contributed by atoms with E-state index in [1.165, 1.54) is 7.11 Å². The molecule has 0 aliphatic rings. The maximum absolute atomic E-state index is 11.0. The molecule has 0 aromatic heterocycles. The van der Waals surface area contributed by atoms with Crippen molar-refractivity contribution in [3.05, 3.63) is 53.1 Å². The standard InChI is InChI=1S/C16H17NO4/c1-10-6-7-11(16(19)20)8-13(10)17-9-12-4-3-5-14(21-2)15(12)18/h3-8,17-18H,9H2,1-2H3,(H,19,20). The Morgan fingerprint density at radius 3 is 2.71 bits per heavy atom. The number of aromatic carboxylic acids is 1. The Morgan fingerprint density at radius 2 is 2.05 bits per heavy atom. The second-order valence-electron chi connectivity index (χ2n) is 4.66. The number of rotatable bonds is 5. The minimum atomic E-state index is -0.970. The Balaban J connectivity index is 2.20. The zero-order valence-electron chi connectivity index (χ0n) is 11.9. The number of phenols is 1. The highest BCUT2D eigenvalue weighted by molar-refractivity contribution is 5.89. The Labute approximate surface area is 122 Å². The Hall–Kier alpha value is -2.69. The molecule has 0 fully saturated rings. The number of carboxylic acid groups (broad SMARTS) is 1. The first kappa shape index (κ1) is 14.7. The van der Waals surface area contributed by atoms with Gasteiger partial charge in [0.1, 0.15) is 0 Å². The van der Waals surface area contributed by atoms with E-state index in [-0.39, 0.29) is 11.3 Å². The molecule has 0 saturated carbocycles. The van der Waals surface area contributed by atoms with Crippen LogP contribution in [0.3, 0.4) is 0 Å². The Bertz CT molecular complexity index is 667. The van der Waals surface area contributed by atoms with E-state index in [0.717, 1.165) is 11.3 Å². The number of anilines is 1. The van der Waals surface area contributed by atoms with Crippen molar-refractivity contribution < 1.29 is 19.7 Å². The van der Waals surface area contributed by atoms with Crippen LogP contribution in [0.25, 0.3) is 0 Å². The normalized spacial score (nSPS) is 10.2. The third kappa shape index (κ3) is 3.25. The lowest BCUT2D eigenvalue weighted by molar-refractivity contribution is 0.0697. The molecule has 0 unspecified atom stereocenters. The van der Waals surface area contributed by atoms with Crippen molar-refractivity contribution in [2.24, 2.45) is 0 Å². The lowest BCUT2D eigenvalue weighted by atomic mass is 10.1. The van der Waals surface area contributed by atoms with Gasteiger partial charge >= 0.3 is 5.97 Å². The number of hydrogen-bond acceptors (Lipinski definition) is 4. The summed E-state index contributed by atoms with van der Waals surface area (Å²) in [6, 6.07) is 10.1. The first-order valence-electron chi connectivity index (χ1n) is 6.45. The summed E-state index contributed by atoms with van der Waals surface area (Å²) in [5.74, 6) is -0.480. The maximum Gasteiger partial charge on any atom is 0.335 e. The van der Waals surface area contributed by atoms with Crippen LogP contribution < -0.4 is 10.1 Å². The number of nitrogens with one attached hydrogen (secondary N) is 1. The largest absolute Gasteiger partial charge is 0.504 e. The molecule has 2 aromatic rings. The van der Waals surface area contributed by atoms with Crippen molar-refractivity contribution in [1.29, 1.82) is 0 Å². The van der Waals surface area contributed by atoms with E-state index in [9.17, 15) is 9.90 Å². The average molecular weight is 287 g/mol. The summed E-state index contributed by atoms with van der Waals surface area (Å²) < 4.78 is 5.06. The number of ether oxygens (including phenoxy) is 1. The van der Waals surface area contributed by atoms with E-state index < -0.39 is 5.97 Å². The van der Waals surface area contributed by atoms with Crippen LogP contribution in [-0.4, -0.2) is 23.3 Å². The lowest BCUT2D eigenvalue weighted by Crippen LogP contribution is -2.04. The van der Waals surface area contributed by atoms with Crippen molar-refractivity contribution in [1.82, 2.24) is 0 Å². The molecular formula is C16H17NO4. The number of benzene rings is 2. The third-order valence-electron chi connectivity index (χ3n) is 3.26. The maximum atomic E-state index is 11.0. The predicted molar refractivity (Wildman–Crippen MR) is 80.1 cm³/mol. The van der Waals surface area contributed by atoms with E-state index in [0.29, 0.717) is 17.9 Å². The zero-order valence-corrected chi connectivity index (χ0v) is 11.9. The second kappa shape index (κ2) is 6.17. The van der Waals surface area contributed by atoms with Crippen LogP contribution in [0, 0.1) is 6.92 Å². The molecule has 0 amide bonds. The van der Waals surface area contributed by atoms with Gasteiger partial charge in [0.15, 0.2) is 11.5 Å². The average Bonchev–Trinajstić information content (AvgIpc) is 2.47. The van der Waals surface area contributed by atoms with Gasteiger partial charge in [-0.05, 0) is 30.7 Å². The lowest BCUT2D eigenvalue weighted by Gasteiger charge is -2.13. The van der Waals surface area contributed by atoms with Crippen LogP contribution in [0.4, 0.5) is 5.69 Å². The molecule has 0 saturated heterocycles. The van der Waals surface area contributed by atoms with Crippen LogP contribution >= 0.6 is 0 Å². The topological polar surface area (TPSA) is 78.8 Å². The Morgan fingerprint density at radius 1 is 1.29 bits per heavy atom. The summed E-state index contributed by atoms with van der Waals surface area (Å²) in [6.07, 6.45) is 0. The molecule has 5 nitrogen and oxygen atoms in total. The fourth-order valence-corrected chi connectivity index (χ4v) is 2.01. The van der Waals surface area contributed by atoms with Gasteiger partial charge in [-0.1, -0.05) is 18.2 Å². The molecular weight excluding hydrogens is 270 g/mol. The molecule has 0 aliphatic heterocycles. The first-order chi connectivity index (χ1) is 10.0. The molecule has 3 N–H and O–H groups in total. The van der Waals surface area contributed by atoms with Gasteiger partial charge in [-0.2, -0.15) is 0 Å². The monoisotopic (exact) mass is 287 g/mol. The summed E-state index contributed by atoms with van der Waals surface area (Å²) in [5, 5.41) is 22.2. The predicted octanol–water partition coefficient (Wildman–Crippen LogP) is 3.02. The van der Waals surface area contributed by atoms with E-state index >= 15 is 0 Å². The number of aromatic hydroxyl groups is 1. The highest BCUT2D eigenvalue weighted by atomic mass is 16.5. The molecule has 21 heavy (non-hydrogen) atoms. The van der Waals surface area contributed by atoms with Crippen LogP contribution in [0.5, 0.6) is 11.5 Å². The van der Waals surface area contributed by atoms with Gasteiger partial charge < -0.3 is 20.3 Å². The van der Waals surface area contributed by atoms with Gasteiger partial charge in [0.2, 0.25) is 0 Å². The molecule has 2 aromatic carbocycles. The van der Waals surface area contributed by atoms with Gasteiger partial charge in [0.05, 0.1) is 12.7 Å². The van der Waals surface area contributed by atoms with Crippen molar-refractivity contribution >= 4 is 11.7 Å². The number of carboxylic acids is 1. The van der Waals surface area contributed by atoms with E-state index in [1.54, 1.807) is 36.4 Å². The third-order valence-corrected chi connectivity index (χ3v) is 3.26. The van der Waals surface area contributed by atoms with Crippen molar-refractivity contribution in [3.63, 3.8) is 0 Å². The molecule has 2 rings (SSSR count). The zero-order chi connectivity index (χ0) is 15.4. The molecule has 0 aliphatic carbocycles. The van der Waals surface area contributed by atoms with Gasteiger partial charge in [0.25, 0.3) is 0 Å². The van der Waals surface area contributed by atoms with E-state index in [4.69, 9.17) is 9.84 Å². The summed E-state index contributed by atoms with van der Waals surface area (Å²) in [4.78, 5) is 11.0. The quantitative estimate of drug-likeness (QED) is 0.787. The number of hydrogen-bond donors (Lipinski definition) is 3. The highest BCUT2D eigenvalue weighted by Gasteiger charge is 2.09. The summed E-state index contributed by atoms with van der Waals surface area (Å²) in [6.45, 7) is 2.26. The smallest absolute Gasteiger partial charge is 0.335 e. The van der Waals surface area contributed by atoms with E-state index in [1.807, 2.05) is 6.92 Å². The van der Waals surface area contributed by atoms with Crippen LogP contribution in [0.15, 0.2) is 36.4 Å². The van der Waals surface area contributed by atoms with Crippen LogP contribution in [0.2, 0.25) is 0 Å². The summed E-state index contributed by atoms with van der Waals surface area (Å²) in [7, 11) is 1.49. The number of carbonyl (C=O) groups is 1. The fourth-order valence-electron chi connectivity index (χ4n) is 2.01. The van der Waals surface area contributed by atoms with Gasteiger partial charge in [-0.3, -0.25) is 0 Å². The summed E-state index contributed by atoms with van der Waals surface area (Å²) >= 11 is 0. The molecule has 110 valence electrons. The molecule has 0 radical (unpaired) electrons. The molecule has 5 heteroatoms. The molecule has 0 atom stereocenters. The molecule has 0 bridgehead atoms. The summed E-state index contributed by atoms with van der Waals surface area (Å²) in [5.41, 5.74) is 2.55. The number of methoxy groups -OCH3 is 1. The molecule has 0 spiro atoms. The van der Waals surface area contributed by atoms with Crippen molar-refractivity contribution in [2.75, 3.05) is 12.4 Å². The van der Waals surface area contributed by atoms with Gasteiger partial charge in [0, 0.05) is 17.8 Å². The number of para-hydroxylation sites is 1. The molecule has 0 heterocycles. The fraction of sp³-hybridized carbons (Fsp3) is 0.188. The highest BCUT2D eigenvalue weighted by Crippen LogP contribution is 2.30. The van der Waals surface area contributed by atoms with Gasteiger partial charge in [-0.15, -0.1) is 0 Å². The van der Waals surface area contributed by atoms with Gasteiger partial charge in [-0.25, -0.2) is 4.79 Å². The number of phenolic OH excluding ortho intramolecular Hbond substituents is 1. The van der Waals surface area contributed by atoms with Crippen molar-refractivity contribution in [3.8, 4) is 11.5 Å². The number of aryl methyl sites for hydroxylation is 1. The van der Waals surface area contributed by atoms with Crippen LogP contribution in [0.1, 0.15) is 21.5 Å². The van der Waals surface area contributed by atoms with E-state index in [2.05, 4.69) is 5.32 Å². The first-order valence-corrected chi connectivity index (χ1v) is 6.45. The SMILES string of the molecule is COc1cccc(CNc2cc(C(=O)O)ccc2C)c1O. The van der Waals surface area contributed by atoms with Crippen LogP contribution in [-0.2, 0) is 6.54 Å². The minimum absolute atomic E-state index is 0.0829. The van der Waals surface area contributed by atoms with Crippen molar-refractivity contribution in [2.45, 2.75) is 13.5 Å². The Kier molecular flexibility index (Phi) is 4.33. The minimum Gasteiger partial charge on any atom is -0.504 e. The second-order valence-corrected chi connectivity index (χ2v) is 4.66.